The summed E-state index contributed by atoms with van der Waals surface area (Å²) in [5, 5.41) is 4.56. The summed E-state index contributed by atoms with van der Waals surface area (Å²) in [6, 6.07) is 21.1. The van der Waals surface area contributed by atoms with Crippen LogP contribution in [0.2, 0.25) is 0 Å². The number of carbonyl (C=O) groups excluding carboxylic acids is 2. The predicted octanol–water partition coefficient (Wildman–Crippen LogP) is 4.76. The minimum absolute atomic E-state index is 0.315. The minimum atomic E-state index is -0.315. The number of hydrogen-bond acceptors (Lipinski definition) is 4. The number of imide groups is 1. The number of rotatable bonds is 2. The highest BCUT2D eigenvalue weighted by atomic mass is 32.1. The van der Waals surface area contributed by atoms with Gasteiger partial charge in [0.1, 0.15) is 0 Å². The zero-order valence-electron chi connectivity index (χ0n) is 13.5. The van der Waals surface area contributed by atoms with E-state index in [9.17, 15) is 9.59 Å². The SMILES string of the molecule is O=C1c2ccccc2C(=O)N1c1nc(-c2ccc3ccccc3c2)cs1. The van der Waals surface area contributed by atoms with Crippen LogP contribution in [0.15, 0.2) is 72.1 Å². The summed E-state index contributed by atoms with van der Waals surface area (Å²) >= 11 is 1.30. The molecule has 5 rings (SSSR count). The Morgan fingerprint density at radius 1 is 0.769 bits per heavy atom. The van der Waals surface area contributed by atoms with Gasteiger partial charge in [-0.25, -0.2) is 9.88 Å². The molecular formula is C21H12N2O2S. The third-order valence-corrected chi connectivity index (χ3v) is 5.35. The Hall–Kier alpha value is -3.31. The van der Waals surface area contributed by atoms with Gasteiger partial charge in [-0.1, -0.05) is 48.5 Å². The van der Waals surface area contributed by atoms with Crippen LogP contribution in [0, 0.1) is 0 Å². The number of benzene rings is 3. The topological polar surface area (TPSA) is 50.3 Å². The molecule has 3 aromatic carbocycles. The van der Waals surface area contributed by atoms with Crippen molar-refractivity contribution in [1.82, 2.24) is 4.98 Å². The van der Waals surface area contributed by atoms with Crippen LogP contribution in [0.3, 0.4) is 0 Å². The van der Waals surface area contributed by atoms with Gasteiger partial charge in [-0.15, -0.1) is 11.3 Å². The van der Waals surface area contributed by atoms with Crippen molar-refractivity contribution in [2.75, 3.05) is 4.90 Å². The number of anilines is 1. The van der Waals surface area contributed by atoms with Crippen LogP contribution in [0.25, 0.3) is 22.0 Å². The number of thiazole rings is 1. The van der Waals surface area contributed by atoms with Gasteiger partial charge in [-0.3, -0.25) is 9.59 Å². The summed E-state index contributed by atoms with van der Waals surface area (Å²) in [5.74, 6) is -0.630. The number of carbonyl (C=O) groups is 2. The van der Waals surface area contributed by atoms with Crippen molar-refractivity contribution in [3.05, 3.63) is 83.2 Å². The van der Waals surface area contributed by atoms with E-state index in [0.29, 0.717) is 16.3 Å². The molecule has 0 N–H and O–H groups in total. The molecule has 1 aliphatic heterocycles. The minimum Gasteiger partial charge on any atom is -0.268 e. The van der Waals surface area contributed by atoms with Crippen molar-refractivity contribution in [3.63, 3.8) is 0 Å². The number of hydrogen-bond donors (Lipinski definition) is 0. The Kier molecular flexibility index (Phi) is 3.23. The fourth-order valence-corrected chi connectivity index (χ4v) is 4.04. The largest absolute Gasteiger partial charge is 0.268 e. The number of amides is 2. The summed E-state index contributed by atoms with van der Waals surface area (Å²) in [6.07, 6.45) is 0. The maximum Gasteiger partial charge on any atom is 0.268 e. The van der Waals surface area contributed by atoms with Gasteiger partial charge in [0.15, 0.2) is 5.13 Å². The van der Waals surface area contributed by atoms with Crippen LogP contribution in [0.5, 0.6) is 0 Å². The second-order valence-electron chi connectivity index (χ2n) is 6.07. The van der Waals surface area contributed by atoms with Crippen molar-refractivity contribution in [2.45, 2.75) is 0 Å². The molecule has 0 unspecified atom stereocenters. The average Bonchev–Trinajstić information content (AvgIpc) is 3.25. The summed E-state index contributed by atoms with van der Waals surface area (Å²) in [7, 11) is 0. The van der Waals surface area contributed by atoms with Gasteiger partial charge in [0.2, 0.25) is 0 Å². The van der Waals surface area contributed by atoms with Crippen molar-refractivity contribution in [2.24, 2.45) is 0 Å². The lowest BCUT2D eigenvalue weighted by Crippen LogP contribution is -2.29. The third kappa shape index (κ3) is 2.18. The van der Waals surface area contributed by atoms with E-state index in [-0.39, 0.29) is 11.8 Å². The monoisotopic (exact) mass is 356 g/mol. The summed E-state index contributed by atoms with van der Waals surface area (Å²) < 4.78 is 0. The van der Waals surface area contributed by atoms with Gasteiger partial charge in [0, 0.05) is 10.9 Å². The maximum absolute atomic E-state index is 12.6. The molecule has 4 nitrogen and oxygen atoms in total. The second kappa shape index (κ2) is 5.61. The summed E-state index contributed by atoms with van der Waals surface area (Å²) in [6.45, 7) is 0. The van der Waals surface area contributed by atoms with Crippen LogP contribution in [-0.4, -0.2) is 16.8 Å². The van der Waals surface area contributed by atoms with Gasteiger partial charge in [0.05, 0.1) is 16.8 Å². The normalized spacial score (nSPS) is 13.5. The number of nitrogens with zero attached hydrogens (tertiary/aromatic N) is 2. The second-order valence-corrected chi connectivity index (χ2v) is 6.91. The molecule has 26 heavy (non-hydrogen) atoms. The summed E-state index contributed by atoms with van der Waals surface area (Å²) in [5.41, 5.74) is 2.58. The van der Waals surface area contributed by atoms with Gasteiger partial charge >= 0.3 is 0 Å². The fraction of sp³-hybridized carbons (Fsp3) is 0. The van der Waals surface area contributed by atoms with Gasteiger partial charge in [-0.2, -0.15) is 0 Å². The zero-order chi connectivity index (χ0) is 17.7. The first-order valence-electron chi connectivity index (χ1n) is 8.15. The zero-order valence-corrected chi connectivity index (χ0v) is 14.4. The highest BCUT2D eigenvalue weighted by Gasteiger charge is 2.37. The molecule has 0 bridgehead atoms. The van der Waals surface area contributed by atoms with Gasteiger partial charge in [0.25, 0.3) is 11.8 Å². The first-order chi connectivity index (χ1) is 12.7. The van der Waals surface area contributed by atoms with Gasteiger partial charge in [-0.05, 0) is 29.0 Å². The van der Waals surface area contributed by atoms with E-state index in [1.54, 1.807) is 24.3 Å². The highest BCUT2D eigenvalue weighted by Crippen LogP contribution is 2.34. The molecule has 124 valence electrons. The molecule has 0 saturated heterocycles. The Labute approximate surface area is 153 Å². The average molecular weight is 356 g/mol. The lowest BCUT2D eigenvalue weighted by molar-refractivity contribution is 0.0926. The lowest BCUT2D eigenvalue weighted by Gasteiger charge is -2.09. The van der Waals surface area contributed by atoms with Crippen LogP contribution < -0.4 is 4.90 Å². The van der Waals surface area contributed by atoms with Crippen molar-refractivity contribution >= 4 is 39.1 Å². The molecular weight excluding hydrogens is 344 g/mol. The number of aromatic nitrogens is 1. The maximum atomic E-state index is 12.6. The van der Waals surface area contributed by atoms with Crippen LogP contribution in [0.1, 0.15) is 20.7 Å². The standard InChI is InChI=1S/C21H12N2O2S/c24-19-16-7-3-4-8-17(16)20(25)23(19)21-22-18(12-26-21)15-10-9-13-5-1-2-6-14(13)11-15/h1-12H. The van der Waals surface area contributed by atoms with Crippen LogP contribution in [-0.2, 0) is 0 Å². The van der Waals surface area contributed by atoms with E-state index in [4.69, 9.17) is 0 Å². The third-order valence-electron chi connectivity index (χ3n) is 4.52. The Morgan fingerprint density at radius 2 is 1.42 bits per heavy atom. The van der Waals surface area contributed by atoms with Crippen LogP contribution >= 0.6 is 11.3 Å². The molecule has 1 aliphatic rings. The molecule has 2 amide bonds. The lowest BCUT2D eigenvalue weighted by atomic mass is 10.1. The molecule has 0 radical (unpaired) electrons. The van der Waals surface area contributed by atoms with E-state index in [1.807, 2.05) is 29.6 Å². The Morgan fingerprint density at radius 3 is 2.15 bits per heavy atom. The van der Waals surface area contributed by atoms with E-state index >= 15 is 0 Å². The smallest absolute Gasteiger partial charge is 0.268 e. The molecule has 5 heteroatoms. The summed E-state index contributed by atoms with van der Waals surface area (Å²) in [4.78, 5) is 30.9. The molecule has 0 aliphatic carbocycles. The molecule has 0 fully saturated rings. The quantitative estimate of drug-likeness (QED) is 0.486. The molecule has 0 saturated carbocycles. The molecule has 0 atom stereocenters. The van der Waals surface area contributed by atoms with E-state index in [0.717, 1.165) is 22.0 Å². The first kappa shape index (κ1) is 15.0. The van der Waals surface area contributed by atoms with Crippen molar-refractivity contribution < 1.29 is 9.59 Å². The van der Waals surface area contributed by atoms with Crippen molar-refractivity contribution in [3.8, 4) is 11.3 Å². The van der Waals surface area contributed by atoms with E-state index < -0.39 is 0 Å². The molecule has 2 heterocycles. The van der Waals surface area contributed by atoms with Crippen LogP contribution in [0.4, 0.5) is 5.13 Å². The molecule has 0 spiro atoms. The molecule has 4 aromatic rings. The highest BCUT2D eigenvalue weighted by molar-refractivity contribution is 7.14. The number of fused-ring (bicyclic) bond motifs is 2. The Balaban J connectivity index is 1.54. The first-order valence-corrected chi connectivity index (χ1v) is 9.03. The van der Waals surface area contributed by atoms with E-state index in [1.165, 1.54) is 16.2 Å². The Bertz CT molecular complexity index is 1160. The van der Waals surface area contributed by atoms with E-state index in [2.05, 4.69) is 23.2 Å². The fourth-order valence-electron chi connectivity index (χ4n) is 3.21. The predicted molar refractivity (Wildman–Crippen MR) is 103 cm³/mol. The van der Waals surface area contributed by atoms with Crippen molar-refractivity contribution in [1.29, 1.82) is 0 Å². The molecule has 1 aromatic heterocycles. The van der Waals surface area contributed by atoms with Gasteiger partial charge < -0.3 is 0 Å².